The standard InChI is InChI=1S/C11H20N4/c1-15-6-2-3-10(9-15)7-12-8-11-4-5-13-14-11/h4-5,10,12H,2-3,6-9H2,1H3,(H,13,14). The van der Waals surface area contributed by atoms with E-state index in [4.69, 9.17) is 0 Å². The summed E-state index contributed by atoms with van der Waals surface area (Å²) in [7, 11) is 2.21. The molecule has 1 saturated heterocycles. The Morgan fingerprint density at radius 2 is 2.60 bits per heavy atom. The molecule has 0 aliphatic carbocycles. The van der Waals surface area contributed by atoms with Crippen molar-refractivity contribution in [2.75, 3.05) is 26.7 Å². The maximum absolute atomic E-state index is 3.93. The second-order valence-electron chi connectivity index (χ2n) is 4.48. The summed E-state index contributed by atoms with van der Waals surface area (Å²) in [6.07, 6.45) is 4.50. The van der Waals surface area contributed by atoms with Crippen molar-refractivity contribution in [1.82, 2.24) is 20.4 Å². The van der Waals surface area contributed by atoms with Gasteiger partial charge >= 0.3 is 0 Å². The van der Waals surface area contributed by atoms with Crippen molar-refractivity contribution < 1.29 is 0 Å². The van der Waals surface area contributed by atoms with Gasteiger partial charge in [0.15, 0.2) is 0 Å². The SMILES string of the molecule is CN1CCCC(CNCc2ccn[nH]2)C1. The van der Waals surface area contributed by atoms with Crippen molar-refractivity contribution >= 4 is 0 Å². The van der Waals surface area contributed by atoms with E-state index < -0.39 is 0 Å². The van der Waals surface area contributed by atoms with Crippen LogP contribution in [-0.4, -0.2) is 41.8 Å². The quantitative estimate of drug-likeness (QED) is 0.770. The fraction of sp³-hybridized carbons (Fsp3) is 0.727. The van der Waals surface area contributed by atoms with Crippen LogP contribution in [0.1, 0.15) is 18.5 Å². The number of H-pyrrole nitrogens is 1. The van der Waals surface area contributed by atoms with Crippen LogP contribution in [0.15, 0.2) is 12.3 Å². The van der Waals surface area contributed by atoms with E-state index in [2.05, 4.69) is 27.5 Å². The van der Waals surface area contributed by atoms with Gasteiger partial charge in [0.2, 0.25) is 0 Å². The van der Waals surface area contributed by atoms with Gasteiger partial charge in [-0.05, 0) is 45.0 Å². The van der Waals surface area contributed by atoms with E-state index in [9.17, 15) is 0 Å². The number of piperidine rings is 1. The lowest BCUT2D eigenvalue weighted by atomic mass is 9.98. The summed E-state index contributed by atoms with van der Waals surface area (Å²) in [5.74, 6) is 0.812. The number of hydrogen-bond acceptors (Lipinski definition) is 3. The van der Waals surface area contributed by atoms with E-state index in [1.54, 1.807) is 6.20 Å². The van der Waals surface area contributed by atoms with Crippen molar-refractivity contribution in [1.29, 1.82) is 0 Å². The summed E-state index contributed by atoms with van der Waals surface area (Å²) in [4.78, 5) is 2.42. The van der Waals surface area contributed by atoms with Gasteiger partial charge in [-0.1, -0.05) is 0 Å². The number of nitrogens with zero attached hydrogens (tertiary/aromatic N) is 2. The van der Waals surface area contributed by atoms with Crippen LogP contribution >= 0.6 is 0 Å². The zero-order valence-electron chi connectivity index (χ0n) is 9.37. The van der Waals surface area contributed by atoms with Crippen LogP contribution in [0.5, 0.6) is 0 Å². The number of aromatic amines is 1. The molecule has 1 aromatic rings. The van der Waals surface area contributed by atoms with E-state index in [1.807, 2.05) is 6.07 Å². The van der Waals surface area contributed by atoms with Gasteiger partial charge in [0, 0.05) is 25.0 Å². The van der Waals surface area contributed by atoms with Crippen LogP contribution in [0.4, 0.5) is 0 Å². The molecule has 1 aliphatic heterocycles. The Labute approximate surface area is 91.1 Å². The number of rotatable bonds is 4. The molecule has 84 valence electrons. The summed E-state index contributed by atoms with van der Waals surface area (Å²) in [5, 5.41) is 10.4. The van der Waals surface area contributed by atoms with Gasteiger partial charge in [-0.2, -0.15) is 5.10 Å². The molecule has 1 aromatic heterocycles. The highest BCUT2D eigenvalue weighted by Gasteiger charge is 2.16. The molecular weight excluding hydrogens is 188 g/mol. The summed E-state index contributed by atoms with van der Waals surface area (Å²) in [5.41, 5.74) is 1.17. The molecule has 2 heterocycles. The summed E-state index contributed by atoms with van der Waals surface area (Å²) >= 11 is 0. The molecule has 4 heteroatoms. The number of nitrogens with one attached hydrogen (secondary N) is 2. The Balaban J connectivity index is 1.65. The summed E-state index contributed by atoms with van der Waals surface area (Å²) in [6, 6.07) is 2.01. The average molecular weight is 208 g/mol. The first kappa shape index (κ1) is 10.6. The Morgan fingerprint density at radius 3 is 3.33 bits per heavy atom. The third-order valence-corrected chi connectivity index (χ3v) is 3.03. The van der Waals surface area contributed by atoms with Gasteiger partial charge in [-0.25, -0.2) is 0 Å². The van der Waals surface area contributed by atoms with E-state index in [-0.39, 0.29) is 0 Å². The Kier molecular flexibility index (Phi) is 3.75. The fourth-order valence-corrected chi connectivity index (χ4v) is 2.23. The molecule has 0 amide bonds. The minimum Gasteiger partial charge on any atom is -0.311 e. The molecular formula is C11H20N4. The highest BCUT2D eigenvalue weighted by Crippen LogP contribution is 2.13. The molecule has 4 nitrogen and oxygen atoms in total. The average Bonchev–Trinajstić information content (AvgIpc) is 2.71. The van der Waals surface area contributed by atoms with Gasteiger partial charge in [0.25, 0.3) is 0 Å². The number of likely N-dealkylation sites (tertiary alicyclic amines) is 1. The zero-order valence-corrected chi connectivity index (χ0v) is 9.37. The normalized spacial score (nSPS) is 23.1. The first-order valence-electron chi connectivity index (χ1n) is 5.72. The van der Waals surface area contributed by atoms with Crippen LogP contribution in [-0.2, 0) is 6.54 Å². The highest BCUT2D eigenvalue weighted by molar-refractivity contribution is 4.96. The smallest absolute Gasteiger partial charge is 0.0490 e. The number of aromatic nitrogens is 2. The lowest BCUT2D eigenvalue weighted by Crippen LogP contribution is -2.37. The molecule has 0 spiro atoms. The molecule has 2 rings (SSSR count). The third-order valence-electron chi connectivity index (χ3n) is 3.03. The topological polar surface area (TPSA) is 44.0 Å². The van der Waals surface area contributed by atoms with Crippen LogP contribution in [0.3, 0.4) is 0 Å². The van der Waals surface area contributed by atoms with Crippen molar-refractivity contribution in [2.45, 2.75) is 19.4 Å². The second kappa shape index (κ2) is 5.28. The van der Waals surface area contributed by atoms with Gasteiger partial charge in [0.05, 0.1) is 0 Å². The Bertz CT molecular complexity index is 270. The van der Waals surface area contributed by atoms with E-state index in [1.165, 1.54) is 31.6 Å². The van der Waals surface area contributed by atoms with E-state index >= 15 is 0 Å². The molecule has 1 fully saturated rings. The first-order valence-corrected chi connectivity index (χ1v) is 5.72. The predicted octanol–water partition coefficient (Wildman–Crippen LogP) is 0.841. The van der Waals surface area contributed by atoms with Gasteiger partial charge < -0.3 is 10.2 Å². The van der Waals surface area contributed by atoms with Crippen LogP contribution in [0, 0.1) is 5.92 Å². The monoisotopic (exact) mass is 208 g/mol. The Hall–Kier alpha value is -0.870. The molecule has 1 unspecified atom stereocenters. The van der Waals surface area contributed by atoms with Crippen LogP contribution < -0.4 is 5.32 Å². The molecule has 0 bridgehead atoms. The summed E-state index contributed by atoms with van der Waals surface area (Å²) in [6.45, 7) is 4.51. The van der Waals surface area contributed by atoms with Crippen molar-refractivity contribution in [3.63, 3.8) is 0 Å². The third kappa shape index (κ3) is 3.32. The van der Waals surface area contributed by atoms with Crippen LogP contribution in [0.25, 0.3) is 0 Å². The zero-order chi connectivity index (χ0) is 10.5. The molecule has 1 aliphatic rings. The predicted molar refractivity (Wildman–Crippen MR) is 60.5 cm³/mol. The van der Waals surface area contributed by atoms with Crippen LogP contribution in [0.2, 0.25) is 0 Å². The van der Waals surface area contributed by atoms with Gasteiger partial charge in [-0.15, -0.1) is 0 Å². The molecule has 0 radical (unpaired) electrons. The molecule has 1 atom stereocenters. The van der Waals surface area contributed by atoms with E-state index in [0.29, 0.717) is 0 Å². The molecule has 15 heavy (non-hydrogen) atoms. The lowest BCUT2D eigenvalue weighted by Gasteiger charge is -2.29. The molecule has 0 aromatic carbocycles. The molecule has 0 saturated carbocycles. The minimum atomic E-state index is 0.812. The van der Waals surface area contributed by atoms with Gasteiger partial charge in [0.1, 0.15) is 0 Å². The molecule has 2 N–H and O–H groups in total. The van der Waals surface area contributed by atoms with Crippen molar-refractivity contribution in [3.8, 4) is 0 Å². The minimum absolute atomic E-state index is 0.812. The highest BCUT2D eigenvalue weighted by atomic mass is 15.1. The largest absolute Gasteiger partial charge is 0.311 e. The number of hydrogen-bond donors (Lipinski definition) is 2. The lowest BCUT2D eigenvalue weighted by molar-refractivity contribution is 0.206. The van der Waals surface area contributed by atoms with E-state index in [0.717, 1.165) is 19.0 Å². The maximum atomic E-state index is 3.93. The van der Waals surface area contributed by atoms with Gasteiger partial charge in [-0.3, -0.25) is 5.10 Å². The summed E-state index contributed by atoms with van der Waals surface area (Å²) < 4.78 is 0. The first-order chi connectivity index (χ1) is 7.34. The Morgan fingerprint density at radius 1 is 1.67 bits per heavy atom. The fourth-order valence-electron chi connectivity index (χ4n) is 2.23. The maximum Gasteiger partial charge on any atom is 0.0490 e. The van der Waals surface area contributed by atoms with Crippen molar-refractivity contribution in [2.24, 2.45) is 5.92 Å². The second-order valence-corrected chi connectivity index (χ2v) is 4.48. The van der Waals surface area contributed by atoms with Crippen molar-refractivity contribution in [3.05, 3.63) is 18.0 Å².